The lowest BCUT2D eigenvalue weighted by Gasteiger charge is -2.14. The molecule has 156 valence electrons. The zero-order valence-electron chi connectivity index (χ0n) is 17.2. The predicted octanol–water partition coefficient (Wildman–Crippen LogP) is 3.03. The van der Waals surface area contributed by atoms with Gasteiger partial charge in [0.15, 0.2) is 17.6 Å². The predicted molar refractivity (Wildman–Crippen MR) is 108 cm³/mol. The number of hydrogen-bond donors (Lipinski definition) is 1. The third-order valence-electron chi connectivity index (χ3n) is 4.16. The van der Waals surface area contributed by atoms with Crippen LogP contribution in [0.1, 0.15) is 24.5 Å². The zero-order chi connectivity index (χ0) is 21.2. The summed E-state index contributed by atoms with van der Waals surface area (Å²) in [4.78, 5) is 24.1. The number of hydrogen-bond acceptors (Lipinski definition) is 6. The average molecular weight is 401 g/mol. The first-order valence-electron chi connectivity index (χ1n) is 9.30. The standard InChI is InChI=1S/C22H27NO6/c1-15-6-5-7-18(12-15)28-11-10-21(24)29-16(2)22(25)23-14-17-8-9-19(26-3)20(13-17)27-4/h5-9,12-13,16H,10-11,14H2,1-4H3,(H,23,25)/t16-/m1/s1. The Kier molecular flexibility index (Phi) is 8.33. The Hall–Kier alpha value is -3.22. The van der Waals surface area contributed by atoms with Crippen LogP contribution in [0.15, 0.2) is 42.5 Å². The summed E-state index contributed by atoms with van der Waals surface area (Å²) in [5.74, 6) is 1.00. The third kappa shape index (κ3) is 7.03. The van der Waals surface area contributed by atoms with Crippen molar-refractivity contribution in [3.05, 3.63) is 53.6 Å². The van der Waals surface area contributed by atoms with E-state index in [9.17, 15) is 9.59 Å². The number of benzene rings is 2. The Balaban J connectivity index is 1.74. The van der Waals surface area contributed by atoms with Gasteiger partial charge >= 0.3 is 5.97 Å². The van der Waals surface area contributed by atoms with Crippen LogP contribution in [-0.4, -0.2) is 38.8 Å². The molecule has 2 aromatic carbocycles. The Bertz CT molecular complexity index is 836. The van der Waals surface area contributed by atoms with Gasteiger partial charge in [-0.2, -0.15) is 0 Å². The van der Waals surface area contributed by atoms with Crippen LogP contribution in [0.25, 0.3) is 0 Å². The van der Waals surface area contributed by atoms with Gasteiger partial charge in [0.05, 0.1) is 27.2 Å². The van der Waals surface area contributed by atoms with Crippen LogP contribution in [-0.2, 0) is 20.9 Å². The van der Waals surface area contributed by atoms with Crippen molar-refractivity contribution < 1.29 is 28.5 Å². The van der Waals surface area contributed by atoms with E-state index in [1.54, 1.807) is 26.4 Å². The van der Waals surface area contributed by atoms with Crippen molar-refractivity contribution in [1.82, 2.24) is 5.32 Å². The lowest BCUT2D eigenvalue weighted by atomic mass is 10.2. The molecule has 0 fully saturated rings. The molecule has 0 aliphatic rings. The van der Waals surface area contributed by atoms with Gasteiger partial charge in [0.2, 0.25) is 0 Å². The summed E-state index contributed by atoms with van der Waals surface area (Å²) in [6.45, 7) is 3.95. The molecule has 0 spiro atoms. The number of carbonyl (C=O) groups excluding carboxylic acids is 2. The lowest BCUT2D eigenvalue weighted by Crippen LogP contribution is -2.35. The maximum atomic E-state index is 12.2. The summed E-state index contributed by atoms with van der Waals surface area (Å²) in [6.07, 6.45) is -0.844. The summed E-state index contributed by atoms with van der Waals surface area (Å²) in [5, 5.41) is 2.74. The van der Waals surface area contributed by atoms with Crippen LogP contribution in [0.3, 0.4) is 0 Å². The number of rotatable bonds is 10. The van der Waals surface area contributed by atoms with Gasteiger partial charge in [-0.05, 0) is 49.2 Å². The van der Waals surface area contributed by atoms with Crippen molar-refractivity contribution in [1.29, 1.82) is 0 Å². The molecule has 0 aliphatic carbocycles. The highest BCUT2D eigenvalue weighted by Crippen LogP contribution is 2.27. The number of aryl methyl sites for hydroxylation is 1. The van der Waals surface area contributed by atoms with E-state index in [1.165, 1.54) is 6.92 Å². The van der Waals surface area contributed by atoms with E-state index in [0.717, 1.165) is 11.1 Å². The molecule has 2 rings (SSSR count). The zero-order valence-corrected chi connectivity index (χ0v) is 17.2. The minimum Gasteiger partial charge on any atom is -0.493 e. The molecule has 0 saturated carbocycles. The fourth-order valence-corrected chi connectivity index (χ4v) is 2.59. The monoisotopic (exact) mass is 401 g/mol. The molecule has 29 heavy (non-hydrogen) atoms. The van der Waals surface area contributed by atoms with Crippen molar-refractivity contribution in [3.8, 4) is 17.2 Å². The highest BCUT2D eigenvalue weighted by Gasteiger charge is 2.17. The molecule has 7 heteroatoms. The minimum atomic E-state index is -0.901. The van der Waals surface area contributed by atoms with Crippen molar-refractivity contribution >= 4 is 11.9 Å². The number of amides is 1. The molecule has 2 aromatic rings. The minimum absolute atomic E-state index is 0.0568. The molecule has 1 amide bonds. The lowest BCUT2D eigenvalue weighted by molar-refractivity contribution is -0.155. The van der Waals surface area contributed by atoms with Gasteiger partial charge in [0.1, 0.15) is 5.75 Å². The first-order valence-corrected chi connectivity index (χ1v) is 9.30. The van der Waals surface area contributed by atoms with Crippen LogP contribution >= 0.6 is 0 Å². The fraction of sp³-hybridized carbons (Fsp3) is 0.364. The Labute approximate surface area is 170 Å². The summed E-state index contributed by atoms with van der Waals surface area (Å²) in [6, 6.07) is 12.9. The normalized spacial score (nSPS) is 11.3. The second kappa shape index (κ2) is 10.9. The fourth-order valence-electron chi connectivity index (χ4n) is 2.59. The molecular weight excluding hydrogens is 374 g/mol. The number of esters is 1. The molecule has 7 nitrogen and oxygen atoms in total. The van der Waals surface area contributed by atoms with E-state index in [2.05, 4.69) is 5.32 Å². The average Bonchev–Trinajstić information content (AvgIpc) is 2.71. The molecule has 0 radical (unpaired) electrons. The third-order valence-corrected chi connectivity index (χ3v) is 4.16. The van der Waals surface area contributed by atoms with E-state index in [1.807, 2.05) is 37.3 Å². The van der Waals surface area contributed by atoms with Crippen molar-refractivity contribution in [3.63, 3.8) is 0 Å². The Morgan fingerprint density at radius 2 is 1.79 bits per heavy atom. The molecule has 1 atom stereocenters. The molecule has 0 aromatic heterocycles. The largest absolute Gasteiger partial charge is 0.493 e. The van der Waals surface area contributed by atoms with Gasteiger partial charge in [-0.15, -0.1) is 0 Å². The van der Waals surface area contributed by atoms with Crippen LogP contribution in [0.5, 0.6) is 17.2 Å². The van der Waals surface area contributed by atoms with E-state index in [0.29, 0.717) is 17.2 Å². The van der Waals surface area contributed by atoms with Crippen LogP contribution in [0.4, 0.5) is 0 Å². The maximum absolute atomic E-state index is 12.2. The number of carbonyl (C=O) groups is 2. The van der Waals surface area contributed by atoms with Gasteiger partial charge in [0, 0.05) is 6.54 Å². The topological polar surface area (TPSA) is 83.1 Å². The first-order chi connectivity index (χ1) is 13.9. The number of nitrogens with one attached hydrogen (secondary N) is 1. The maximum Gasteiger partial charge on any atom is 0.310 e. The van der Waals surface area contributed by atoms with Crippen molar-refractivity contribution in [2.24, 2.45) is 0 Å². The summed E-state index contributed by atoms with van der Waals surface area (Å²) in [5.41, 5.74) is 1.91. The molecule has 0 saturated heterocycles. The van der Waals surface area contributed by atoms with Crippen LogP contribution < -0.4 is 19.5 Å². The highest BCUT2D eigenvalue weighted by molar-refractivity contribution is 5.83. The van der Waals surface area contributed by atoms with Crippen molar-refractivity contribution in [2.45, 2.75) is 32.9 Å². The van der Waals surface area contributed by atoms with Gasteiger partial charge in [-0.25, -0.2) is 0 Å². The molecule has 0 aliphatic heterocycles. The second-order valence-corrected chi connectivity index (χ2v) is 6.45. The Morgan fingerprint density at radius 3 is 2.48 bits per heavy atom. The van der Waals surface area contributed by atoms with E-state index < -0.39 is 12.1 Å². The summed E-state index contributed by atoms with van der Waals surface area (Å²) in [7, 11) is 3.10. The second-order valence-electron chi connectivity index (χ2n) is 6.45. The quantitative estimate of drug-likeness (QED) is 0.616. The number of methoxy groups -OCH3 is 2. The van der Waals surface area contributed by atoms with Crippen LogP contribution in [0.2, 0.25) is 0 Å². The molecular formula is C22H27NO6. The number of ether oxygens (including phenoxy) is 4. The van der Waals surface area contributed by atoms with Crippen molar-refractivity contribution in [2.75, 3.05) is 20.8 Å². The smallest absolute Gasteiger partial charge is 0.310 e. The molecule has 0 unspecified atom stereocenters. The van der Waals surface area contributed by atoms with E-state index in [-0.39, 0.29) is 25.5 Å². The van der Waals surface area contributed by atoms with Crippen LogP contribution in [0, 0.1) is 6.92 Å². The van der Waals surface area contributed by atoms with Gasteiger partial charge in [0.25, 0.3) is 5.91 Å². The van der Waals surface area contributed by atoms with Gasteiger partial charge in [-0.1, -0.05) is 18.2 Å². The molecule has 1 N–H and O–H groups in total. The Morgan fingerprint density at radius 1 is 1.03 bits per heavy atom. The molecule has 0 heterocycles. The first kappa shape index (κ1) is 22.1. The van der Waals surface area contributed by atoms with Gasteiger partial charge in [-0.3, -0.25) is 9.59 Å². The summed E-state index contributed by atoms with van der Waals surface area (Å²) >= 11 is 0. The SMILES string of the molecule is COc1ccc(CNC(=O)[C@@H](C)OC(=O)CCOc2cccc(C)c2)cc1OC. The van der Waals surface area contributed by atoms with E-state index >= 15 is 0 Å². The highest BCUT2D eigenvalue weighted by atomic mass is 16.6. The summed E-state index contributed by atoms with van der Waals surface area (Å²) < 4.78 is 21.1. The molecule has 0 bridgehead atoms. The van der Waals surface area contributed by atoms with Gasteiger partial charge < -0.3 is 24.3 Å². The van der Waals surface area contributed by atoms with E-state index in [4.69, 9.17) is 18.9 Å².